The van der Waals surface area contributed by atoms with Crippen molar-refractivity contribution < 1.29 is 13.9 Å². The number of rotatable bonds is 6. The molecule has 0 aliphatic carbocycles. The number of hydrogen-bond acceptors (Lipinski definition) is 6. The van der Waals surface area contributed by atoms with E-state index in [0.29, 0.717) is 18.3 Å². The minimum atomic E-state index is -0.163. The molecule has 2 heterocycles. The number of carbonyl (C=O) groups is 1. The lowest BCUT2D eigenvalue weighted by Crippen LogP contribution is -2.24. The Bertz CT molecular complexity index is 824. The first-order valence-electron chi connectivity index (χ1n) is 7.42. The predicted molar refractivity (Wildman–Crippen MR) is 90.9 cm³/mol. The molecular formula is C17H17N3O3S. The molecule has 3 aromatic rings. The number of benzene rings is 1. The van der Waals surface area contributed by atoms with Gasteiger partial charge in [0.15, 0.2) is 0 Å². The highest BCUT2D eigenvalue weighted by atomic mass is 32.1. The van der Waals surface area contributed by atoms with Crippen molar-refractivity contribution in [1.82, 2.24) is 15.5 Å². The molecule has 0 atom stereocenters. The Balaban J connectivity index is 1.55. The Hall–Kier alpha value is -2.67. The van der Waals surface area contributed by atoms with Gasteiger partial charge in [-0.05, 0) is 41.6 Å². The SMILES string of the molecule is COc1ccc(CNC(=O)Cc2nnc(-c3sccc3C)o2)cc1. The lowest BCUT2D eigenvalue weighted by Gasteiger charge is -2.05. The molecule has 0 unspecified atom stereocenters. The highest BCUT2D eigenvalue weighted by Crippen LogP contribution is 2.27. The van der Waals surface area contributed by atoms with Gasteiger partial charge in [0.2, 0.25) is 11.8 Å². The molecule has 0 saturated heterocycles. The van der Waals surface area contributed by atoms with Crippen molar-refractivity contribution in [2.75, 3.05) is 7.11 Å². The zero-order valence-electron chi connectivity index (χ0n) is 13.4. The highest BCUT2D eigenvalue weighted by molar-refractivity contribution is 7.13. The molecule has 124 valence electrons. The Labute approximate surface area is 143 Å². The highest BCUT2D eigenvalue weighted by Gasteiger charge is 2.14. The second-order valence-electron chi connectivity index (χ2n) is 5.24. The average Bonchev–Trinajstić information content (AvgIpc) is 3.22. The minimum absolute atomic E-state index is 0.0631. The van der Waals surface area contributed by atoms with Crippen LogP contribution in [0.3, 0.4) is 0 Å². The van der Waals surface area contributed by atoms with E-state index in [9.17, 15) is 4.79 Å². The summed E-state index contributed by atoms with van der Waals surface area (Å²) in [6.07, 6.45) is 0.0631. The van der Waals surface area contributed by atoms with E-state index in [0.717, 1.165) is 21.8 Å². The second kappa shape index (κ2) is 7.27. The number of thiophene rings is 1. The van der Waals surface area contributed by atoms with E-state index in [-0.39, 0.29) is 12.3 Å². The number of amides is 1. The maximum Gasteiger partial charge on any atom is 0.258 e. The van der Waals surface area contributed by atoms with E-state index in [1.807, 2.05) is 42.6 Å². The number of methoxy groups -OCH3 is 1. The fourth-order valence-electron chi connectivity index (χ4n) is 2.15. The van der Waals surface area contributed by atoms with Gasteiger partial charge in [0, 0.05) is 6.54 Å². The fraction of sp³-hybridized carbons (Fsp3) is 0.235. The normalized spacial score (nSPS) is 10.6. The van der Waals surface area contributed by atoms with Gasteiger partial charge in [-0.15, -0.1) is 21.5 Å². The first-order chi connectivity index (χ1) is 11.7. The molecule has 6 nitrogen and oxygen atoms in total. The molecule has 0 fully saturated rings. The summed E-state index contributed by atoms with van der Waals surface area (Å²) < 4.78 is 10.7. The molecule has 2 aromatic heterocycles. The zero-order chi connectivity index (χ0) is 16.9. The molecule has 0 bridgehead atoms. The Morgan fingerprint density at radius 3 is 2.71 bits per heavy atom. The van der Waals surface area contributed by atoms with Gasteiger partial charge < -0.3 is 14.5 Å². The van der Waals surface area contributed by atoms with Crippen LogP contribution in [0.25, 0.3) is 10.8 Å². The third kappa shape index (κ3) is 3.80. The first-order valence-corrected chi connectivity index (χ1v) is 8.30. The topological polar surface area (TPSA) is 77.2 Å². The number of aryl methyl sites for hydroxylation is 1. The van der Waals surface area contributed by atoms with E-state index in [2.05, 4.69) is 15.5 Å². The van der Waals surface area contributed by atoms with Gasteiger partial charge in [-0.25, -0.2) is 0 Å². The summed E-state index contributed by atoms with van der Waals surface area (Å²) in [5.74, 6) is 1.39. The Morgan fingerprint density at radius 1 is 1.25 bits per heavy atom. The van der Waals surface area contributed by atoms with Crippen molar-refractivity contribution in [1.29, 1.82) is 0 Å². The number of ether oxygens (including phenoxy) is 1. The molecule has 0 aliphatic heterocycles. The van der Waals surface area contributed by atoms with Crippen molar-refractivity contribution >= 4 is 17.2 Å². The number of aromatic nitrogens is 2. The monoisotopic (exact) mass is 343 g/mol. The van der Waals surface area contributed by atoms with Gasteiger partial charge in [0.1, 0.15) is 12.2 Å². The van der Waals surface area contributed by atoms with Crippen molar-refractivity contribution in [2.45, 2.75) is 19.9 Å². The van der Waals surface area contributed by atoms with Gasteiger partial charge in [-0.3, -0.25) is 4.79 Å². The quantitative estimate of drug-likeness (QED) is 0.744. The minimum Gasteiger partial charge on any atom is -0.497 e. The predicted octanol–water partition coefficient (Wildman–Crippen LogP) is 2.97. The van der Waals surface area contributed by atoms with Gasteiger partial charge >= 0.3 is 0 Å². The summed E-state index contributed by atoms with van der Waals surface area (Å²) in [6.45, 7) is 2.42. The lowest BCUT2D eigenvalue weighted by molar-refractivity contribution is -0.120. The van der Waals surface area contributed by atoms with E-state index < -0.39 is 0 Å². The number of nitrogens with one attached hydrogen (secondary N) is 1. The maximum absolute atomic E-state index is 12.0. The molecule has 1 aromatic carbocycles. The van der Waals surface area contributed by atoms with Crippen molar-refractivity contribution in [3.8, 4) is 16.5 Å². The lowest BCUT2D eigenvalue weighted by atomic mass is 10.2. The zero-order valence-corrected chi connectivity index (χ0v) is 14.2. The van der Waals surface area contributed by atoms with Gasteiger partial charge in [0.05, 0.1) is 12.0 Å². The molecular weight excluding hydrogens is 326 g/mol. The maximum atomic E-state index is 12.0. The molecule has 1 N–H and O–H groups in total. The van der Waals surface area contributed by atoms with Crippen LogP contribution in [0.2, 0.25) is 0 Å². The summed E-state index contributed by atoms with van der Waals surface area (Å²) in [5.41, 5.74) is 2.07. The third-order valence-electron chi connectivity index (χ3n) is 3.48. The molecule has 0 aliphatic rings. The summed E-state index contributed by atoms with van der Waals surface area (Å²) in [4.78, 5) is 12.9. The third-order valence-corrected chi connectivity index (χ3v) is 4.49. The molecule has 24 heavy (non-hydrogen) atoms. The molecule has 1 amide bonds. The van der Waals surface area contributed by atoms with E-state index in [1.54, 1.807) is 7.11 Å². The molecule has 0 saturated carbocycles. The van der Waals surface area contributed by atoms with Crippen LogP contribution in [-0.4, -0.2) is 23.2 Å². The Morgan fingerprint density at radius 2 is 2.04 bits per heavy atom. The van der Waals surface area contributed by atoms with Gasteiger partial charge in [0.25, 0.3) is 5.89 Å². The van der Waals surface area contributed by atoms with E-state index in [1.165, 1.54) is 11.3 Å². The first kappa shape index (κ1) is 16.2. The van der Waals surface area contributed by atoms with Crippen molar-refractivity contribution in [3.05, 3.63) is 52.7 Å². The van der Waals surface area contributed by atoms with E-state index >= 15 is 0 Å². The van der Waals surface area contributed by atoms with E-state index in [4.69, 9.17) is 9.15 Å². The average molecular weight is 343 g/mol. The Kier molecular flexibility index (Phi) is 4.90. The smallest absolute Gasteiger partial charge is 0.258 e. The van der Waals surface area contributed by atoms with Crippen LogP contribution in [0, 0.1) is 6.92 Å². The summed E-state index contributed by atoms with van der Waals surface area (Å²) >= 11 is 1.54. The summed E-state index contributed by atoms with van der Waals surface area (Å²) in [6, 6.07) is 9.52. The van der Waals surface area contributed by atoms with Crippen LogP contribution in [0.5, 0.6) is 5.75 Å². The van der Waals surface area contributed by atoms with Crippen LogP contribution in [-0.2, 0) is 17.8 Å². The van der Waals surface area contributed by atoms with Crippen LogP contribution in [0.15, 0.2) is 40.1 Å². The van der Waals surface area contributed by atoms with Crippen LogP contribution in [0.1, 0.15) is 17.0 Å². The summed E-state index contributed by atoms with van der Waals surface area (Å²) in [5, 5.41) is 12.8. The summed E-state index contributed by atoms with van der Waals surface area (Å²) in [7, 11) is 1.62. The molecule has 0 radical (unpaired) electrons. The largest absolute Gasteiger partial charge is 0.497 e. The second-order valence-corrected chi connectivity index (χ2v) is 6.15. The standard InChI is InChI=1S/C17H17N3O3S/c1-11-7-8-24-16(11)17-20-19-15(23-17)9-14(21)18-10-12-3-5-13(22-2)6-4-12/h3-8H,9-10H2,1-2H3,(H,18,21). The number of nitrogens with zero attached hydrogens (tertiary/aromatic N) is 2. The number of carbonyl (C=O) groups excluding carboxylic acids is 1. The molecule has 0 spiro atoms. The van der Waals surface area contributed by atoms with Crippen LogP contribution >= 0.6 is 11.3 Å². The fourth-order valence-corrected chi connectivity index (χ4v) is 3.00. The molecule has 3 rings (SSSR count). The van der Waals surface area contributed by atoms with Crippen molar-refractivity contribution in [3.63, 3.8) is 0 Å². The molecule has 7 heteroatoms. The van der Waals surface area contributed by atoms with Gasteiger partial charge in [-0.1, -0.05) is 12.1 Å². The number of hydrogen-bond donors (Lipinski definition) is 1. The van der Waals surface area contributed by atoms with Gasteiger partial charge in [-0.2, -0.15) is 0 Å². The van der Waals surface area contributed by atoms with Crippen LogP contribution < -0.4 is 10.1 Å². The van der Waals surface area contributed by atoms with Crippen molar-refractivity contribution in [2.24, 2.45) is 0 Å². The van der Waals surface area contributed by atoms with Crippen LogP contribution in [0.4, 0.5) is 0 Å².